The summed E-state index contributed by atoms with van der Waals surface area (Å²) >= 11 is 5.80. The van der Waals surface area contributed by atoms with E-state index in [2.05, 4.69) is 5.32 Å². The summed E-state index contributed by atoms with van der Waals surface area (Å²) in [6.07, 6.45) is 1.49. The van der Waals surface area contributed by atoms with Crippen molar-refractivity contribution < 1.29 is 14.3 Å². The van der Waals surface area contributed by atoms with Gasteiger partial charge in [-0.15, -0.1) is 0 Å². The number of amides is 1. The Balaban J connectivity index is 2.49. The summed E-state index contributed by atoms with van der Waals surface area (Å²) in [5.74, 6) is -1.13. The molecule has 0 aliphatic rings. The molecular formula is C14H19ClFNO2. The van der Waals surface area contributed by atoms with Gasteiger partial charge in [-0.05, 0) is 30.4 Å². The molecular weight excluding hydrogens is 269 g/mol. The quantitative estimate of drug-likeness (QED) is 0.790. The molecule has 0 atom stereocenters. The van der Waals surface area contributed by atoms with Crippen molar-refractivity contribution in [3.63, 3.8) is 0 Å². The van der Waals surface area contributed by atoms with E-state index >= 15 is 0 Å². The molecule has 0 radical (unpaired) electrons. The molecule has 0 unspecified atom stereocenters. The highest BCUT2D eigenvalue weighted by Crippen LogP contribution is 2.21. The summed E-state index contributed by atoms with van der Waals surface area (Å²) in [4.78, 5) is 11.8. The SMILES string of the molecule is CC(C)(CO)CCCNC(=O)c1c(F)cccc1Cl. The largest absolute Gasteiger partial charge is 0.396 e. The third kappa shape index (κ3) is 4.80. The summed E-state index contributed by atoms with van der Waals surface area (Å²) in [6, 6.07) is 4.14. The van der Waals surface area contributed by atoms with Crippen LogP contribution in [0.4, 0.5) is 4.39 Å². The maximum atomic E-state index is 13.5. The summed E-state index contributed by atoms with van der Waals surface area (Å²) in [6.45, 7) is 4.41. The molecule has 0 saturated heterocycles. The number of aliphatic hydroxyl groups excluding tert-OH is 1. The van der Waals surface area contributed by atoms with E-state index in [1.165, 1.54) is 18.2 Å². The van der Waals surface area contributed by atoms with E-state index in [9.17, 15) is 9.18 Å². The van der Waals surface area contributed by atoms with E-state index in [0.717, 1.165) is 6.42 Å². The molecule has 106 valence electrons. The maximum absolute atomic E-state index is 13.5. The van der Waals surface area contributed by atoms with Gasteiger partial charge in [0.15, 0.2) is 0 Å². The number of carbonyl (C=O) groups is 1. The number of hydrogen-bond acceptors (Lipinski definition) is 2. The molecule has 0 saturated carbocycles. The van der Waals surface area contributed by atoms with Gasteiger partial charge in [0.25, 0.3) is 5.91 Å². The minimum atomic E-state index is -0.624. The Labute approximate surface area is 117 Å². The molecule has 1 amide bonds. The zero-order chi connectivity index (χ0) is 14.5. The molecule has 1 aromatic carbocycles. The lowest BCUT2D eigenvalue weighted by Gasteiger charge is -2.21. The summed E-state index contributed by atoms with van der Waals surface area (Å²) < 4.78 is 13.5. The van der Waals surface area contributed by atoms with Crippen LogP contribution in [0.15, 0.2) is 18.2 Å². The molecule has 0 spiro atoms. The van der Waals surface area contributed by atoms with Gasteiger partial charge >= 0.3 is 0 Å². The lowest BCUT2D eigenvalue weighted by molar-refractivity contribution is 0.0944. The summed E-state index contributed by atoms with van der Waals surface area (Å²) in [7, 11) is 0. The maximum Gasteiger partial charge on any atom is 0.255 e. The first kappa shape index (κ1) is 15.9. The lowest BCUT2D eigenvalue weighted by Crippen LogP contribution is -2.27. The van der Waals surface area contributed by atoms with E-state index in [1.54, 1.807) is 0 Å². The van der Waals surface area contributed by atoms with Gasteiger partial charge in [0.2, 0.25) is 0 Å². The van der Waals surface area contributed by atoms with Crippen LogP contribution in [0.3, 0.4) is 0 Å². The number of nitrogens with one attached hydrogen (secondary N) is 1. The van der Waals surface area contributed by atoms with Crippen LogP contribution in [-0.2, 0) is 0 Å². The molecule has 5 heteroatoms. The first-order chi connectivity index (χ1) is 8.87. The van der Waals surface area contributed by atoms with Crippen molar-refractivity contribution in [1.82, 2.24) is 5.32 Å². The second-order valence-electron chi connectivity index (χ2n) is 5.28. The Bertz CT molecular complexity index is 429. The van der Waals surface area contributed by atoms with Crippen molar-refractivity contribution in [3.05, 3.63) is 34.6 Å². The van der Waals surface area contributed by atoms with Gasteiger partial charge < -0.3 is 10.4 Å². The van der Waals surface area contributed by atoms with Gasteiger partial charge in [0, 0.05) is 13.2 Å². The van der Waals surface area contributed by atoms with Crippen LogP contribution in [0.1, 0.15) is 37.0 Å². The fourth-order valence-corrected chi connectivity index (χ4v) is 1.90. The fourth-order valence-electron chi connectivity index (χ4n) is 1.65. The van der Waals surface area contributed by atoms with Crippen LogP contribution in [0.25, 0.3) is 0 Å². The number of halogens is 2. The number of benzene rings is 1. The van der Waals surface area contributed by atoms with Crippen LogP contribution in [0, 0.1) is 11.2 Å². The van der Waals surface area contributed by atoms with Crippen molar-refractivity contribution in [2.24, 2.45) is 5.41 Å². The normalized spacial score (nSPS) is 11.4. The summed E-state index contributed by atoms with van der Waals surface area (Å²) in [5, 5.41) is 11.8. The Morgan fingerprint density at radius 2 is 2.16 bits per heavy atom. The molecule has 3 nitrogen and oxygen atoms in total. The minimum absolute atomic E-state index is 0.0973. The van der Waals surface area contributed by atoms with Gasteiger partial charge in [-0.3, -0.25) is 4.79 Å². The van der Waals surface area contributed by atoms with Gasteiger partial charge in [0.1, 0.15) is 5.82 Å². The van der Waals surface area contributed by atoms with E-state index in [1.807, 2.05) is 13.8 Å². The predicted octanol–water partition coefficient (Wildman–Crippen LogP) is 3.01. The molecule has 0 aromatic heterocycles. The Morgan fingerprint density at radius 1 is 1.47 bits per heavy atom. The first-order valence-corrected chi connectivity index (χ1v) is 6.58. The van der Waals surface area contributed by atoms with Gasteiger partial charge in [0.05, 0.1) is 10.6 Å². The number of hydrogen-bond donors (Lipinski definition) is 2. The van der Waals surface area contributed by atoms with E-state index in [0.29, 0.717) is 13.0 Å². The second-order valence-corrected chi connectivity index (χ2v) is 5.69. The highest BCUT2D eigenvalue weighted by Gasteiger charge is 2.17. The standard InChI is InChI=1S/C14H19ClFNO2/c1-14(2,9-18)7-4-8-17-13(19)12-10(15)5-3-6-11(12)16/h3,5-6,18H,4,7-9H2,1-2H3,(H,17,19). The first-order valence-electron chi connectivity index (χ1n) is 6.20. The number of aliphatic hydroxyl groups is 1. The van der Waals surface area contributed by atoms with Crippen LogP contribution in [0.5, 0.6) is 0 Å². The smallest absolute Gasteiger partial charge is 0.255 e. The third-order valence-corrected chi connectivity index (χ3v) is 3.25. The van der Waals surface area contributed by atoms with Crippen molar-refractivity contribution in [2.75, 3.05) is 13.2 Å². The molecule has 1 aromatic rings. The molecule has 2 N–H and O–H groups in total. The third-order valence-electron chi connectivity index (χ3n) is 2.93. The minimum Gasteiger partial charge on any atom is -0.396 e. The van der Waals surface area contributed by atoms with Crippen LogP contribution in [-0.4, -0.2) is 24.2 Å². The second kappa shape index (κ2) is 6.87. The zero-order valence-electron chi connectivity index (χ0n) is 11.2. The monoisotopic (exact) mass is 287 g/mol. The van der Waals surface area contributed by atoms with Crippen LogP contribution >= 0.6 is 11.6 Å². The Hall–Kier alpha value is -1.13. The highest BCUT2D eigenvalue weighted by molar-refractivity contribution is 6.33. The Morgan fingerprint density at radius 3 is 2.74 bits per heavy atom. The zero-order valence-corrected chi connectivity index (χ0v) is 11.9. The average Bonchev–Trinajstić information content (AvgIpc) is 2.34. The van der Waals surface area contributed by atoms with Crippen molar-refractivity contribution in [3.8, 4) is 0 Å². The topological polar surface area (TPSA) is 49.3 Å². The van der Waals surface area contributed by atoms with Crippen molar-refractivity contribution >= 4 is 17.5 Å². The molecule has 0 bridgehead atoms. The van der Waals surface area contributed by atoms with Gasteiger partial charge in [-0.25, -0.2) is 4.39 Å². The molecule has 0 heterocycles. The predicted molar refractivity (Wildman–Crippen MR) is 73.8 cm³/mol. The summed E-state index contributed by atoms with van der Waals surface area (Å²) in [5.41, 5.74) is -0.286. The van der Waals surface area contributed by atoms with Gasteiger partial charge in [-0.1, -0.05) is 31.5 Å². The van der Waals surface area contributed by atoms with E-state index < -0.39 is 11.7 Å². The lowest BCUT2D eigenvalue weighted by atomic mass is 9.89. The molecule has 1 rings (SSSR count). The fraction of sp³-hybridized carbons (Fsp3) is 0.500. The molecule has 0 aliphatic carbocycles. The Kier molecular flexibility index (Phi) is 5.76. The molecule has 19 heavy (non-hydrogen) atoms. The van der Waals surface area contributed by atoms with Gasteiger partial charge in [-0.2, -0.15) is 0 Å². The average molecular weight is 288 g/mol. The van der Waals surface area contributed by atoms with Crippen LogP contribution in [0.2, 0.25) is 5.02 Å². The van der Waals surface area contributed by atoms with Crippen LogP contribution < -0.4 is 5.32 Å². The molecule has 0 aliphatic heterocycles. The highest BCUT2D eigenvalue weighted by atomic mass is 35.5. The van der Waals surface area contributed by atoms with Crippen molar-refractivity contribution in [1.29, 1.82) is 0 Å². The van der Waals surface area contributed by atoms with E-state index in [4.69, 9.17) is 16.7 Å². The number of rotatable bonds is 6. The molecule has 0 fully saturated rings. The van der Waals surface area contributed by atoms with E-state index in [-0.39, 0.29) is 22.6 Å². The van der Waals surface area contributed by atoms with Crippen molar-refractivity contribution in [2.45, 2.75) is 26.7 Å². The number of carbonyl (C=O) groups excluding carboxylic acids is 1.